The van der Waals surface area contributed by atoms with Crippen LogP contribution in [0.3, 0.4) is 0 Å². The summed E-state index contributed by atoms with van der Waals surface area (Å²) in [6, 6.07) is 3.10. The first-order valence-corrected chi connectivity index (χ1v) is 8.00. The molecule has 0 amide bonds. The van der Waals surface area contributed by atoms with Gasteiger partial charge in [-0.1, -0.05) is 0 Å². The minimum atomic E-state index is -3.56. The molecule has 20 heavy (non-hydrogen) atoms. The van der Waals surface area contributed by atoms with Gasteiger partial charge in [-0.25, -0.2) is 4.57 Å². The van der Waals surface area contributed by atoms with E-state index >= 15 is 0 Å². The maximum Gasteiger partial charge on any atom is 0.211 e. The van der Waals surface area contributed by atoms with Crippen LogP contribution in [0.2, 0.25) is 0 Å². The maximum absolute atomic E-state index is 12.2. The Labute approximate surface area is 116 Å². The quantitative estimate of drug-likeness (QED) is 0.583. The molecule has 0 bridgehead atoms. The second-order valence-electron chi connectivity index (χ2n) is 4.69. The fourth-order valence-electron chi connectivity index (χ4n) is 1.88. The van der Waals surface area contributed by atoms with E-state index in [-0.39, 0.29) is 23.8 Å². The first-order valence-electron chi connectivity index (χ1n) is 5.97. The van der Waals surface area contributed by atoms with E-state index in [9.17, 15) is 19.7 Å². The lowest BCUT2D eigenvalue weighted by atomic mass is 10.3. The average Bonchev–Trinajstić information content (AvgIpc) is 2.35. The molecular weight excluding hydrogens is 279 g/mol. The summed E-state index contributed by atoms with van der Waals surface area (Å²) in [5.74, 6) is -0.131. The van der Waals surface area contributed by atoms with Crippen LogP contribution in [-0.2, 0) is 23.9 Å². The van der Waals surface area contributed by atoms with Gasteiger partial charge >= 0.3 is 0 Å². The third-order valence-corrected chi connectivity index (χ3v) is 4.56. The number of hydrogen-bond donors (Lipinski definition) is 3. The normalized spacial score (nSPS) is 13.9. The summed E-state index contributed by atoms with van der Waals surface area (Å²) >= 11 is 0. The van der Waals surface area contributed by atoms with Crippen LogP contribution in [-0.4, -0.2) is 20.1 Å². The van der Waals surface area contributed by atoms with Gasteiger partial charge in [0.15, 0.2) is 11.9 Å². The standard InChI is InChI=1S/C13H15N2O4P/c1-15-5-3-11(13(17)7-15)9-20(18,19)8-10-2-4-14-6-12(10)16/h2-7H,8-9H2,1H3,(H2-,16,17,18,19)/p+1. The molecule has 0 aliphatic rings. The zero-order chi connectivity index (χ0) is 14.8. The summed E-state index contributed by atoms with van der Waals surface area (Å²) in [5, 5.41) is 19.3. The van der Waals surface area contributed by atoms with E-state index in [0.29, 0.717) is 11.1 Å². The zero-order valence-corrected chi connectivity index (χ0v) is 11.9. The third kappa shape index (κ3) is 3.56. The van der Waals surface area contributed by atoms with Crippen molar-refractivity contribution in [2.24, 2.45) is 7.05 Å². The number of aryl methyl sites for hydroxylation is 1. The Morgan fingerprint density at radius 1 is 1.20 bits per heavy atom. The molecule has 0 radical (unpaired) electrons. The Balaban J connectivity index is 2.19. The lowest BCUT2D eigenvalue weighted by Gasteiger charge is -2.12. The fourth-order valence-corrected chi connectivity index (χ4v) is 3.59. The molecule has 0 aliphatic carbocycles. The molecule has 2 rings (SSSR count). The van der Waals surface area contributed by atoms with Crippen molar-refractivity contribution < 1.29 is 24.2 Å². The van der Waals surface area contributed by atoms with Crippen molar-refractivity contribution >= 4 is 7.37 Å². The molecule has 1 atom stereocenters. The fraction of sp³-hybridized carbons (Fsp3) is 0.231. The number of aromatic hydroxyl groups is 2. The maximum atomic E-state index is 12.2. The smallest absolute Gasteiger partial charge is 0.211 e. The molecule has 2 heterocycles. The topological polar surface area (TPSA) is 94.5 Å². The van der Waals surface area contributed by atoms with Crippen LogP contribution in [0.4, 0.5) is 0 Å². The molecule has 6 nitrogen and oxygen atoms in total. The van der Waals surface area contributed by atoms with Crippen molar-refractivity contribution in [3.05, 3.63) is 48.0 Å². The number of pyridine rings is 2. The monoisotopic (exact) mass is 295 g/mol. The van der Waals surface area contributed by atoms with Crippen LogP contribution in [0.15, 0.2) is 36.9 Å². The number of aromatic nitrogens is 2. The van der Waals surface area contributed by atoms with Crippen LogP contribution < -0.4 is 4.57 Å². The molecule has 0 spiro atoms. The van der Waals surface area contributed by atoms with Gasteiger partial charge in [-0.2, -0.15) is 0 Å². The van der Waals surface area contributed by atoms with Gasteiger partial charge in [0, 0.05) is 23.4 Å². The molecule has 0 saturated heterocycles. The lowest BCUT2D eigenvalue weighted by Crippen LogP contribution is -2.26. The van der Waals surface area contributed by atoms with E-state index < -0.39 is 7.37 Å². The van der Waals surface area contributed by atoms with Crippen LogP contribution in [0, 0.1) is 0 Å². The van der Waals surface area contributed by atoms with E-state index in [2.05, 4.69) is 4.98 Å². The van der Waals surface area contributed by atoms with Crippen molar-refractivity contribution in [3.63, 3.8) is 0 Å². The van der Waals surface area contributed by atoms with Gasteiger partial charge in [-0.05, 0) is 6.07 Å². The van der Waals surface area contributed by atoms with Crippen LogP contribution in [0.1, 0.15) is 11.1 Å². The lowest BCUT2D eigenvalue weighted by molar-refractivity contribution is -0.671. The Morgan fingerprint density at radius 2 is 1.85 bits per heavy atom. The number of hydrogen-bond acceptors (Lipinski definition) is 4. The molecule has 0 aliphatic heterocycles. The molecular formula is C13H16N2O4P+. The highest BCUT2D eigenvalue weighted by atomic mass is 31.2. The van der Waals surface area contributed by atoms with Gasteiger partial charge in [-0.15, -0.1) is 0 Å². The summed E-state index contributed by atoms with van der Waals surface area (Å²) in [6.45, 7) is 0. The second-order valence-corrected chi connectivity index (χ2v) is 7.01. The van der Waals surface area contributed by atoms with Gasteiger partial charge in [0.1, 0.15) is 12.8 Å². The molecule has 0 aromatic carbocycles. The van der Waals surface area contributed by atoms with Crippen molar-refractivity contribution in [2.75, 3.05) is 0 Å². The van der Waals surface area contributed by atoms with E-state index in [1.54, 1.807) is 23.9 Å². The minimum Gasteiger partial charge on any atom is -0.506 e. The highest BCUT2D eigenvalue weighted by Crippen LogP contribution is 2.50. The molecule has 7 heteroatoms. The molecule has 2 aromatic heterocycles. The molecule has 1 unspecified atom stereocenters. The van der Waals surface area contributed by atoms with E-state index in [1.165, 1.54) is 24.7 Å². The summed E-state index contributed by atoms with van der Waals surface area (Å²) in [6.07, 6.45) is 5.53. The largest absolute Gasteiger partial charge is 0.506 e. The summed E-state index contributed by atoms with van der Waals surface area (Å²) < 4.78 is 13.9. The molecule has 106 valence electrons. The minimum absolute atomic E-state index is 0.0248. The van der Waals surface area contributed by atoms with Gasteiger partial charge in [-0.3, -0.25) is 9.55 Å². The van der Waals surface area contributed by atoms with Crippen LogP contribution in [0.25, 0.3) is 0 Å². The van der Waals surface area contributed by atoms with Crippen molar-refractivity contribution in [1.29, 1.82) is 0 Å². The predicted octanol–water partition coefficient (Wildman–Crippen LogP) is 1.29. The first-order chi connectivity index (χ1) is 9.37. The van der Waals surface area contributed by atoms with Crippen molar-refractivity contribution in [2.45, 2.75) is 12.3 Å². The van der Waals surface area contributed by atoms with Crippen LogP contribution in [0.5, 0.6) is 11.5 Å². The number of nitrogens with zero attached hydrogens (tertiary/aromatic N) is 2. The van der Waals surface area contributed by atoms with Crippen molar-refractivity contribution in [3.8, 4) is 11.5 Å². The van der Waals surface area contributed by atoms with Gasteiger partial charge < -0.3 is 15.1 Å². The Hall–Kier alpha value is -1.91. The highest BCUT2D eigenvalue weighted by Gasteiger charge is 2.23. The second kappa shape index (κ2) is 5.61. The van der Waals surface area contributed by atoms with Crippen molar-refractivity contribution in [1.82, 2.24) is 4.98 Å². The first kappa shape index (κ1) is 14.5. The molecule has 2 aromatic rings. The highest BCUT2D eigenvalue weighted by molar-refractivity contribution is 7.56. The van der Waals surface area contributed by atoms with Gasteiger partial charge in [0.25, 0.3) is 0 Å². The average molecular weight is 295 g/mol. The predicted molar refractivity (Wildman–Crippen MR) is 72.4 cm³/mol. The van der Waals surface area contributed by atoms with Gasteiger partial charge in [0.05, 0.1) is 18.5 Å². The Bertz CT molecular complexity index is 675. The van der Waals surface area contributed by atoms with E-state index in [4.69, 9.17) is 0 Å². The SMILES string of the molecule is C[n+]1ccc(CP(=O)(O)Cc2ccncc2O)c(O)c1. The molecule has 3 N–H and O–H groups in total. The zero-order valence-electron chi connectivity index (χ0n) is 11.0. The summed E-state index contributed by atoms with van der Waals surface area (Å²) in [7, 11) is -1.82. The number of rotatable bonds is 4. The summed E-state index contributed by atoms with van der Waals surface area (Å²) in [4.78, 5) is 13.8. The Morgan fingerprint density at radius 3 is 2.45 bits per heavy atom. The third-order valence-electron chi connectivity index (χ3n) is 2.89. The van der Waals surface area contributed by atoms with Crippen LogP contribution >= 0.6 is 7.37 Å². The molecule has 0 fully saturated rings. The Kier molecular flexibility index (Phi) is 4.06. The van der Waals surface area contributed by atoms with Gasteiger partial charge in [0.2, 0.25) is 13.6 Å². The summed E-state index contributed by atoms with van der Waals surface area (Å²) in [5.41, 5.74) is 0.772. The van der Waals surface area contributed by atoms with E-state index in [0.717, 1.165) is 0 Å². The van der Waals surface area contributed by atoms with E-state index in [1.807, 2.05) is 0 Å². The molecule has 0 saturated carbocycles.